The van der Waals surface area contributed by atoms with Gasteiger partial charge < -0.3 is 25.0 Å². The van der Waals surface area contributed by atoms with Crippen molar-refractivity contribution in [2.45, 2.75) is 71.6 Å². The molecule has 7 nitrogen and oxygen atoms in total. The highest BCUT2D eigenvalue weighted by molar-refractivity contribution is 9.10. The van der Waals surface area contributed by atoms with E-state index in [4.69, 9.17) is 10.0 Å². The van der Waals surface area contributed by atoms with Crippen molar-refractivity contribution in [2.24, 2.45) is 0 Å². The molecule has 0 saturated carbocycles. The maximum absolute atomic E-state index is 12.3. The van der Waals surface area contributed by atoms with Gasteiger partial charge in [-0.3, -0.25) is 9.59 Å². The van der Waals surface area contributed by atoms with Crippen LogP contribution in [0.5, 0.6) is 0 Å². The molecule has 0 saturated heterocycles. The van der Waals surface area contributed by atoms with E-state index in [1.165, 1.54) is 27.8 Å². The van der Waals surface area contributed by atoms with E-state index in [0.717, 1.165) is 88.7 Å². The van der Waals surface area contributed by atoms with Crippen LogP contribution in [0.25, 0.3) is 28.2 Å². The Morgan fingerprint density at radius 1 is 0.783 bits per heavy atom. The molecule has 236 valence electrons. The fraction of sp³-hybridized carbons (Fsp3) is 0.297. The van der Waals surface area contributed by atoms with E-state index in [0.29, 0.717) is 29.9 Å². The zero-order chi connectivity index (χ0) is 32.4. The summed E-state index contributed by atoms with van der Waals surface area (Å²) in [6, 6.07) is 13.8. The van der Waals surface area contributed by atoms with Crippen LogP contribution in [0.1, 0.15) is 92.9 Å². The zero-order valence-corrected chi connectivity index (χ0v) is 27.9. The Kier molecular flexibility index (Phi) is 9.63. The first kappa shape index (κ1) is 32.0. The average Bonchev–Trinajstić information content (AvgIpc) is 3.77. The first-order valence-electron chi connectivity index (χ1n) is 16.1. The largest absolute Gasteiger partial charge is 0.488 e. The standard InChI is InChI=1S/C19H19NO.C10H12BrNO.C8H8BNO2/c1-12-18-16(7-2-3-8-17(18)21)19(20-12)15-10-9-13-5-4-6-14(13)11-15;1-6-9-7(10(11)12-6)4-2-3-5-8(9)13;11-9(12)7-2-1-6-3-4-10-8(6)5-7/h4-5,9-11,20H,2-3,6-8H2,1H3;12H,2-5H2,1H3;1-5,10-12H. The number of Topliss-reactive ketones (excluding diaryl/α,β-unsaturated/α-hetero) is 2. The predicted molar refractivity (Wildman–Crippen MR) is 189 cm³/mol. The van der Waals surface area contributed by atoms with Crippen molar-refractivity contribution in [1.82, 2.24) is 15.0 Å². The normalized spacial score (nSPS) is 15.2. The number of carbonyl (C=O) groups excluding carboxylic acids is 2. The molecule has 8 rings (SSSR count). The van der Waals surface area contributed by atoms with E-state index < -0.39 is 7.12 Å². The van der Waals surface area contributed by atoms with Gasteiger partial charge in [0.15, 0.2) is 11.6 Å². The Morgan fingerprint density at radius 2 is 1.46 bits per heavy atom. The van der Waals surface area contributed by atoms with Crippen LogP contribution in [0.4, 0.5) is 0 Å². The lowest BCUT2D eigenvalue weighted by Gasteiger charge is -2.07. The monoisotopic (exact) mass is 679 g/mol. The summed E-state index contributed by atoms with van der Waals surface area (Å²) in [4.78, 5) is 33.7. The van der Waals surface area contributed by atoms with Gasteiger partial charge in [-0.2, -0.15) is 0 Å². The lowest BCUT2D eigenvalue weighted by Crippen LogP contribution is -2.29. The fourth-order valence-electron chi connectivity index (χ4n) is 6.87. The number of aromatic nitrogens is 3. The highest BCUT2D eigenvalue weighted by Crippen LogP contribution is 2.35. The molecule has 5 aromatic rings. The van der Waals surface area contributed by atoms with Crippen molar-refractivity contribution in [2.75, 3.05) is 0 Å². The minimum Gasteiger partial charge on any atom is -0.423 e. The lowest BCUT2D eigenvalue weighted by atomic mass is 9.80. The van der Waals surface area contributed by atoms with E-state index in [9.17, 15) is 9.59 Å². The first-order chi connectivity index (χ1) is 22.2. The second-order valence-corrected chi connectivity index (χ2v) is 13.2. The Bertz CT molecular complexity index is 1950. The molecule has 0 aliphatic heterocycles. The fourth-order valence-corrected chi connectivity index (χ4v) is 7.56. The maximum atomic E-state index is 12.3. The van der Waals surface area contributed by atoms with Crippen molar-refractivity contribution in [3.8, 4) is 11.3 Å². The maximum Gasteiger partial charge on any atom is 0.488 e. The van der Waals surface area contributed by atoms with Crippen LogP contribution >= 0.6 is 15.9 Å². The van der Waals surface area contributed by atoms with E-state index in [1.54, 1.807) is 12.1 Å². The van der Waals surface area contributed by atoms with Crippen molar-refractivity contribution in [3.05, 3.63) is 104 Å². The predicted octanol–water partition coefficient (Wildman–Crippen LogP) is 7.31. The van der Waals surface area contributed by atoms with Gasteiger partial charge in [-0.1, -0.05) is 36.4 Å². The average molecular weight is 680 g/mol. The third kappa shape index (κ3) is 6.63. The number of carbonyl (C=O) groups is 2. The Labute approximate surface area is 277 Å². The molecule has 0 atom stereocenters. The number of halogens is 1. The number of aromatic amines is 3. The van der Waals surface area contributed by atoms with Crippen molar-refractivity contribution in [3.63, 3.8) is 0 Å². The molecule has 0 spiro atoms. The van der Waals surface area contributed by atoms with Crippen molar-refractivity contribution < 1.29 is 19.6 Å². The summed E-state index contributed by atoms with van der Waals surface area (Å²) in [6.07, 6.45) is 14.9. The summed E-state index contributed by atoms with van der Waals surface area (Å²) >= 11 is 3.46. The number of ketones is 2. The third-order valence-corrected chi connectivity index (χ3v) is 9.87. The van der Waals surface area contributed by atoms with Gasteiger partial charge in [-0.15, -0.1) is 0 Å². The van der Waals surface area contributed by atoms with Crippen LogP contribution < -0.4 is 5.46 Å². The zero-order valence-electron chi connectivity index (χ0n) is 26.3. The Hall–Kier alpha value is -3.92. The quantitative estimate of drug-likeness (QED) is 0.0992. The molecular formula is C37H39BBrN3O4. The van der Waals surface area contributed by atoms with Gasteiger partial charge in [0.05, 0.1) is 4.60 Å². The molecule has 3 aromatic heterocycles. The minimum atomic E-state index is -1.39. The summed E-state index contributed by atoms with van der Waals surface area (Å²) in [7, 11) is -1.39. The molecule has 5 N–H and O–H groups in total. The van der Waals surface area contributed by atoms with Crippen molar-refractivity contribution in [1.29, 1.82) is 0 Å². The second-order valence-electron chi connectivity index (χ2n) is 12.4. The summed E-state index contributed by atoms with van der Waals surface area (Å²) in [5, 5.41) is 18.8. The number of benzene rings is 2. The SMILES string of the molecule is Cc1[nH]c(-c2ccc3c(c2)CC=C3)c2c1C(=O)CCCC2.Cc1[nH]c(Br)c2c1C(=O)CCCC2.OB(O)c1ccc2cc[nH]c2c1. The van der Waals surface area contributed by atoms with Gasteiger partial charge in [0, 0.05) is 52.8 Å². The van der Waals surface area contributed by atoms with E-state index in [2.05, 4.69) is 61.2 Å². The van der Waals surface area contributed by atoms with Gasteiger partial charge in [0.25, 0.3) is 0 Å². The Balaban J connectivity index is 0.000000129. The van der Waals surface area contributed by atoms with Crippen LogP contribution in [-0.4, -0.2) is 43.7 Å². The molecule has 0 amide bonds. The van der Waals surface area contributed by atoms with Crippen LogP contribution in [-0.2, 0) is 19.3 Å². The smallest absolute Gasteiger partial charge is 0.423 e. The van der Waals surface area contributed by atoms with Gasteiger partial charge in [-0.25, -0.2) is 0 Å². The number of hydrogen-bond donors (Lipinski definition) is 5. The summed E-state index contributed by atoms with van der Waals surface area (Å²) in [6.45, 7) is 3.99. The molecule has 2 aromatic carbocycles. The van der Waals surface area contributed by atoms with E-state index in [1.807, 2.05) is 32.2 Å². The van der Waals surface area contributed by atoms with Crippen LogP contribution in [0, 0.1) is 13.8 Å². The number of fused-ring (bicyclic) bond motifs is 4. The highest BCUT2D eigenvalue weighted by Gasteiger charge is 2.24. The molecule has 3 aliphatic carbocycles. The number of aryl methyl sites for hydroxylation is 2. The van der Waals surface area contributed by atoms with Crippen LogP contribution in [0.15, 0.2) is 59.3 Å². The van der Waals surface area contributed by atoms with Gasteiger partial charge in [0.2, 0.25) is 0 Å². The summed E-state index contributed by atoms with van der Waals surface area (Å²) in [5.41, 5.74) is 12.9. The molecule has 0 unspecified atom stereocenters. The lowest BCUT2D eigenvalue weighted by molar-refractivity contribution is 0.0973. The topological polar surface area (TPSA) is 122 Å². The van der Waals surface area contributed by atoms with E-state index >= 15 is 0 Å². The second kappa shape index (κ2) is 13.8. The van der Waals surface area contributed by atoms with Gasteiger partial charge in [0.1, 0.15) is 0 Å². The number of rotatable bonds is 2. The number of H-pyrrole nitrogens is 3. The third-order valence-electron chi connectivity index (χ3n) is 9.19. The van der Waals surface area contributed by atoms with Gasteiger partial charge >= 0.3 is 7.12 Å². The number of nitrogens with one attached hydrogen (secondary N) is 3. The molecular weight excluding hydrogens is 641 g/mol. The minimum absolute atomic E-state index is 0.298. The molecule has 9 heteroatoms. The number of allylic oxidation sites excluding steroid dienone is 1. The highest BCUT2D eigenvalue weighted by atomic mass is 79.9. The molecule has 0 radical (unpaired) electrons. The molecule has 46 heavy (non-hydrogen) atoms. The number of hydrogen-bond acceptors (Lipinski definition) is 4. The first-order valence-corrected chi connectivity index (χ1v) is 16.9. The molecule has 0 bridgehead atoms. The molecule has 0 fully saturated rings. The summed E-state index contributed by atoms with van der Waals surface area (Å²) in [5.74, 6) is 0.609. The van der Waals surface area contributed by atoms with Gasteiger partial charge in [-0.05, 0) is 132 Å². The molecule has 3 heterocycles. The van der Waals surface area contributed by atoms with Crippen LogP contribution in [0.2, 0.25) is 0 Å². The molecule has 3 aliphatic rings. The Morgan fingerprint density at radius 3 is 2.20 bits per heavy atom. The van der Waals surface area contributed by atoms with Crippen LogP contribution in [0.3, 0.4) is 0 Å². The summed E-state index contributed by atoms with van der Waals surface area (Å²) < 4.78 is 0.996. The van der Waals surface area contributed by atoms with E-state index in [-0.39, 0.29) is 0 Å². The van der Waals surface area contributed by atoms with Crippen molar-refractivity contribution >= 4 is 57.1 Å².